The molecule has 9 heteroatoms. The first-order valence-electron chi connectivity index (χ1n) is 10.9. The lowest BCUT2D eigenvalue weighted by Crippen LogP contribution is -2.50. The third kappa shape index (κ3) is 5.60. The van der Waals surface area contributed by atoms with Crippen LogP contribution in [0.3, 0.4) is 0 Å². The van der Waals surface area contributed by atoms with Crippen LogP contribution in [0.2, 0.25) is 10.0 Å². The smallest absolute Gasteiger partial charge is 0.410 e. The monoisotopic (exact) mass is 489 g/mol. The van der Waals surface area contributed by atoms with Crippen molar-refractivity contribution in [1.29, 1.82) is 0 Å². The van der Waals surface area contributed by atoms with E-state index in [-0.39, 0.29) is 18.5 Å². The Hall–Kier alpha value is -2.77. The number of halogens is 2. The maximum Gasteiger partial charge on any atom is 0.410 e. The second kappa shape index (κ2) is 10.4. The van der Waals surface area contributed by atoms with Crippen LogP contribution in [0.5, 0.6) is 0 Å². The summed E-state index contributed by atoms with van der Waals surface area (Å²) in [5.41, 5.74) is 2.73. The number of anilines is 1. The molecule has 0 aliphatic carbocycles. The highest BCUT2D eigenvalue weighted by Crippen LogP contribution is 2.26. The van der Waals surface area contributed by atoms with Crippen molar-refractivity contribution in [3.63, 3.8) is 0 Å². The Morgan fingerprint density at radius 3 is 2.61 bits per heavy atom. The molecule has 0 saturated carbocycles. The predicted octanol–water partition coefficient (Wildman–Crippen LogP) is 4.79. The van der Waals surface area contributed by atoms with Gasteiger partial charge in [0.2, 0.25) is 0 Å². The zero-order valence-electron chi connectivity index (χ0n) is 18.0. The highest BCUT2D eigenvalue weighted by Gasteiger charge is 2.32. The van der Waals surface area contributed by atoms with Gasteiger partial charge in [0.15, 0.2) is 12.4 Å². The van der Waals surface area contributed by atoms with Gasteiger partial charge in [-0.25, -0.2) is 9.59 Å². The summed E-state index contributed by atoms with van der Waals surface area (Å²) in [7, 11) is 0. The van der Waals surface area contributed by atoms with E-state index in [0.29, 0.717) is 48.8 Å². The summed E-state index contributed by atoms with van der Waals surface area (Å²) in [6, 6.07) is 12.8. The molecule has 1 saturated heterocycles. The van der Waals surface area contributed by atoms with Crippen molar-refractivity contribution in [2.45, 2.75) is 37.8 Å². The van der Waals surface area contributed by atoms with Crippen molar-refractivity contribution in [3.8, 4) is 0 Å². The van der Waals surface area contributed by atoms with E-state index < -0.39 is 12.2 Å². The zero-order valence-corrected chi connectivity index (χ0v) is 19.5. The van der Waals surface area contributed by atoms with Crippen LogP contribution in [-0.4, -0.2) is 60.0 Å². The number of piperidine rings is 1. The molecule has 3 amide bonds. The molecule has 1 fully saturated rings. The Kier molecular flexibility index (Phi) is 7.40. The largest absolute Gasteiger partial charge is 0.438 e. The Morgan fingerprint density at radius 1 is 1.12 bits per heavy atom. The number of nitrogens with one attached hydrogen (secondary N) is 1. The summed E-state index contributed by atoms with van der Waals surface area (Å²) in [5, 5.41) is 3.80. The number of amides is 3. The SMILES string of the molecule is O=CC(Cc1ccc(Cl)c(Cl)c1)OC(=O)N1CCC(N2CCc3ccccc3NC2=O)CC1. The number of para-hydroxylation sites is 1. The molecule has 174 valence electrons. The van der Waals surface area contributed by atoms with Gasteiger partial charge in [-0.1, -0.05) is 47.5 Å². The Bertz CT molecular complexity index is 1040. The maximum atomic E-state index is 12.7. The van der Waals surface area contributed by atoms with Crippen molar-refractivity contribution >= 4 is 47.3 Å². The molecule has 2 heterocycles. The van der Waals surface area contributed by atoms with Crippen molar-refractivity contribution in [3.05, 3.63) is 63.6 Å². The topological polar surface area (TPSA) is 79.0 Å². The number of urea groups is 1. The first kappa shape index (κ1) is 23.4. The van der Waals surface area contributed by atoms with Crippen LogP contribution in [0, 0.1) is 0 Å². The Labute approximate surface area is 202 Å². The number of carbonyl (C=O) groups is 3. The van der Waals surface area contributed by atoms with Gasteiger partial charge in [-0.2, -0.15) is 0 Å². The van der Waals surface area contributed by atoms with E-state index in [1.807, 2.05) is 29.2 Å². The fourth-order valence-corrected chi connectivity index (χ4v) is 4.64. The average Bonchev–Trinajstić information content (AvgIpc) is 2.99. The van der Waals surface area contributed by atoms with Gasteiger partial charge >= 0.3 is 12.1 Å². The fraction of sp³-hybridized carbons (Fsp3) is 0.375. The number of rotatable bonds is 5. The molecule has 0 spiro atoms. The van der Waals surface area contributed by atoms with Gasteiger partial charge in [0, 0.05) is 37.8 Å². The summed E-state index contributed by atoms with van der Waals surface area (Å²) in [5.74, 6) is 0. The first-order valence-corrected chi connectivity index (χ1v) is 11.7. The molecule has 2 aromatic carbocycles. The number of carbonyl (C=O) groups excluding carboxylic acids is 3. The van der Waals surface area contributed by atoms with E-state index in [1.54, 1.807) is 23.1 Å². The van der Waals surface area contributed by atoms with Gasteiger partial charge < -0.3 is 19.9 Å². The molecule has 0 radical (unpaired) electrons. The highest BCUT2D eigenvalue weighted by atomic mass is 35.5. The van der Waals surface area contributed by atoms with Gasteiger partial charge in [-0.3, -0.25) is 4.79 Å². The number of aldehydes is 1. The number of hydrogen-bond acceptors (Lipinski definition) is 4. The molecule has 0 bridgehead atoms. The molecule has 1 N–H and O–H groups in total. The summed E-state index contributed by atoms with van der Waals surface area (Å²) in [6.07, 6.45) is 1.48. The molecule has 2 aliphatic heterocycles. The lowest BCUT2D eigenvalue weighted by Gasteiger charge is -2.37. The summed E-state index contributed by atoms with van der Waals surface area (Å²) in [6.45, 7) is 1.55. The second-order valence-electron chi connectivity index (χ2n) is 8.26. The molecular formula is C24H25Cl2N3O4. The molecule has 1 unspecified atom stereocenters. The quantitative estimate of drug-likeness (QED) is 0.612. The number of ether oxygens (including phenoxy) is 1. The molecule has 0 aromatic heterocycles. The van der Waals surface area contributed by atoms with Crippen LogP contribution >= 0.6 is 23.2 Å². The molecule has 33 heavy (non-hydrogen) atoms. The van der Waals surface area contributed by atoms with Crippen LogP contribution in [0.1, 0.15) is 24.0 Å². The highest BCUT2D eigenvalue weighted by molar-refractivity contribution is 6.42. The van der Waals surface area contributed by atoms with Gasteiger partial charge in [0.05, 0.1) is 10.0 Å². The van der Waals surface area contributed by atoms with Crippen molar-refractivity contribution in [2.75, 3.05) is 25.0 Å². The number of fused-ring (bicyclic) bond motifs is 1. The fourth-order valence-electron chi connectivity index (χ4n) is 4.32. The van der Waals surface area contributed by atoms with E-state index in [2.05, 4.69) is 5.32 Å². The van der Waals surface area contributed by atoms with Crippen LogP contribution in [0.4, 0.5) is 15.3 Å². The normalized spacial score (nSPS) is 17.6. The Balaban J connectivity index is 1.30. The lowest BCUT2D eigenvalue weighted by molar-refractivity contribution is -0.115. The third-order valence-electron chi connectivity index (χ3n) is 6.13. The molecule has 2 aromatic rings. The lowest BCUT2D eigenvalue weighted by atomic mass is 10.0. The number of hydrogen-bond donors (Lipinski definition) is 1. The van der Waals surface area contributed by atoms with Gasteiger partial charge in [-0.15, -0.1) is 0 Å². The molecule has 1 atom stereocenters. The molecule has 4 rings (SSSR count). The summed E-state index contributed by atoms with van der Waals surface area (Å²) in [4.78, 5) is 40.3. The second-order valence-corrected chi connectivity index (χ2v) is 9.07. The van der Waals surface area contributed by atoms with E-state index in [0.717, 1.165) is 23.2 Å². The summed E-state index contributed by atoms with van der Waals surface area (Å²) < 4.78 is 5.43. The molecular weight excluding hydrogens is 465 g/mol. The summed E-state index contributed by atoms with van der Waals surface area (Å²) >= 11 is 11.9. The van der Waals surface area contributed by atoms with Crippen molar-refractivity contribution < 1.29 is 19.1 Å². The number of likely N-dealkylation sites (tertiary alicyclic amines) is 1. The van der Waals surface area contributed by atoms with Crippen LogP contribution in [0.15, 0.2) is 42.5 Å². The minimum atomic E-state index is -0.914. The minimum absolute atomic E-state index is 0.0430. The first-order chi connectivity index (χ1) is 15.9. The van der Waals surface area contributed by atoms with Gasteiger partial charge in [0.25, 0.3) is 0 Å². The maximum absolute atomic E-state index is 12.7. The zero-order chi connectivity index (χ0) is 23.4. The van der Waals surface area contributed by atoms with Crippen molar-refractivity contribution in [2.24, 2.45) is 0 Å². The van der Waals surface area contributed by atoms with Crippen LogP contribution < -0.4 is 5.32 Å². The van der Waals surface area contributed by atoms with Crippen molar-refractivity contribution in [1.82, 2.24) is 9.80 Å². The standard InChI is InChI=1S/C24H25Cl2N3O4/c25-20-6-5-16(14-21(20)26)13-19(15-30)33-24(32)28-10-8-18(9-11-28)29-12-7-17-3-1-2-4-22(17)27-23(29)31/h1-6,14-15,18-19H,7-13H2,(H,27,31). The van der Waals surface area contributed by atoms with E-state index in [4.69, 9.17) is 27.9 Å². The van der Waals surface area contributed by atoms with Crippen LogP contribution in [-0.2, 0) is 22.4 Å². The number of benzene rings is 2. The van der Waals surface area contributed by atoms with Crippen LogP contribution in [0.25, 0.3) is 0 Å². The molecule has 7 nitrogen and oxygen atoms in total. The predicted molar refractivity (Wildman–Crippen MR) is 127 cm³/mol. The van der Waals surface area contributed by atoms with Gasteiger partial charge in [0.1, 0.15) is 0 Å². The average molecular weight is 490 g/mol. The molecule has 2 aliphatic rings. The van der Waals surface area contributed by atoms with E-state index in [1.165, 1.54) is 0 Å². The van der Waals surface area contributed by atoms with Gasteiger partial charge in [-0.05, 0) is 48.6 Å². The third-order valence-corrected chi connectivity index (χ3v) is 6.87. The Morgan fingerprint density at radius 2 is 1.88 bits per heavy atom. The van der Waals surface area contributed by atoms with E-state index >= 15 is 0 Å². The minimum Gasteiger partial charge on any atom is -0.438 e. The van der Waals surface area contributed by atoms with E-state index in [9.17, 15) is 14.4 Å². The number of nitrogens with zero attached hydrogens (tertiary/aromatic N) is 2.